The van der Waals surface area contributed by atoms with E-state index >= 15 is 0 Å². The first-order valence-electron chi connectivity index (χ1n) is 14.0. The van der Waals surface area contributed by atoms with Crippen molar-refractivity contribution in [2.45, 2.75) is 6.67 Å². The highest BCUT2D eigenvalue weighted by molar-refractivity contribution is 6.24. The second-order valence-corrected chi connectivity index (χ2v) is 10.9. The summed E-state index contributed by atoms with van der Waals surface area (Å²) in [7, 11) is 2.08. The third-order valence-corrected chi connectivity index (χ3v) is 8.64. The molecule has 8 nitrogen and oxygen atoms in total. The number of aromatic nitrogens is 2. The summed E-state index contributed by atoms with van der Waals surface area (Å²) in [4.78, 5) is 26.0. The van der Waals surface area contributed by atoms with Gasteiger partial charge in [-0.3, -0.25) is 4.57 Å². The number of hydrogen-bond acceptors (Lipinski definition) is 5. The number of fused-ring (bicyclic) bond motifs is 14. The molecule has 196 valence electrons. The molecule has 8 heteroatoms. The van der Waals surface area contributed by atoms with Gasteiger partial charge in [0.25, 0.3) is 5.84 Å². The van der Waals surface area contributed by atoms with Gasteiger partial charge in [0.2, 0.25) is 17.5 Å². The molecule has 4 aliphatic rings. The third kappa shape index (κ3) is 2.71. The first-order valence-corrected chi connectivity index (χ1v) is 14.0. The average molecular weight is 542 g/mol. The minimum Gasteiger partial charge on any atom is -0.278 e. The predicted octanol–water partition coefficient (Wildman–Crippen LogP) is 4.69. The fourth-order valence-electron chi connectivity index (χ4n) is 6.76. The lowest BCUT2D eigenvalue weighted by Crippen LogP contribution is -2.32. The molecule has 0 atom stereocenters. The van der Waals surface area contributed by atoms with Crippen molar-refractivity contribution in [1.29, 1.82) is 0 Å². The van der Waals surface area contributed by atoms with Crippen LogP contribution in [0, 0.1) is 0 Å². The molecule has 0 unspecified atom stereocenters. The number of aliphatic imine (C=N–C) groups is 3. The average Bonchev–Trinajstić information content (AvgIpc) is 3.74. The van der Waals surface area contributed by atoms with Crippen LogP contribution in [0.2, 0.25) is 0 Å². The van der Waals surface area contributed by atoms with Crippen LogP contribution in [-0.2, 0) is 6.67 Å². The summed E-state index contributed by atoms with van der Waals surface area (Å²) in [5, 5.41) is 4.19. The zero-order valence-corrected chi connectivity index (χ0v) is 22.5. The standard InChI is InChI=1S/C34H21N8/c1-40-30-22-13-5-4-12-21(22)29(36-30)39-32-24-15-7-6-14-23(24)31-37-27-19-10-2-3-11-20(19)28(35-27)38-33-25-16-8-9-17-26(25)34(40)42(33)18-41(31)32/h2-17H,18H2,1H3/q+1. The number of benzene rings is 4. The summed E-state index contributed by atoms with van der Waals surface area (Å²) in [5.74, 6) is 4.74. The molecule has 42 heavy (non-hydrogen) atoms. The van der Waals surface area contributed by atoms with Crippen molar-refractivity contribution in [3.8, 4) is 0 Å². The van der Waals surface area contributed by atoms with Crippen molar-refractivity contribution in [1.82, 2.24) is 9.13 Å². The normalized spacial score (nSPS) is 15.9. The Morgan fingerprint density at radius 2 is 1.00 bits per heavy atom. The molecule has 0 aliphatic carbocycles. The highest BCUT2D eigenvalue weighted by Crippen LogP contribution is 2.40. The van der Waals surface area contributed by atoms with Crippen molar-refractivity contribution in [3.05, 3.63) is 130 Å². The molecule has 2 aromatic heterocycles. The molecular weight excluding hydrogens is 520 g/mol. The van der Waals surface area contributed by atoms with Gasteiger partial charge in [-0.15, -0.1) is 0 Å². The number of rotatable bonds is 0. The van der Waals surface area contributed by atoms with E-state index in [0.717, 1.165) is 72.2 Å². The van der Waals surface area contributed by atoms with Crippen molar-refractivity contribution in [3.63, 3.8) is 0 Å². The van der Waals surface area contributed by atoms with E-state index in [2.05, 4.69) is 99.6 Å². The highest BCUT2D eigenvalue weighted by atomic mass is 15.3. The van der Waals surface area contributed by atoms with E-state index in [-0.39, 0.29) is 0 Å². The fourth-order valence-corrected chi connectivity index (χ4v) is 6.76. The van der Waals surface area contributed by atoms with Gasteiger partial charge in [-0.05, 0) is 24.3 Å². The Morgan fingerprint density at radius 1 is 0.500 bits per heavy atom. The lowest BCUT2D eigenvalue weighted by molar-refractivity contribution is -0.410. The smallest absolute Gasteiger partial charge is 0.273 e. The number of hydrogen-bond donors (Lipinski definition) is 0. The van der Waals surface area contributed by atoms with Crippen molar-refractivity contribution < 1.29 is 4.58 Å². The molecule has 0 N–H and O–H groups in total. The summed E-state index contributed by atoms with van der Waals surface area (Å²) >= 11 is 0. The van der Waals surface area contributed by atoms with Gasteiger partial charge in [-0.25, -0.2) is 19.1 Å². The van der Waals surface area contributed by atoms with Crippen LogP contribution < -0.4 is 11.0 Å². The van der Waals surface area contributed by atoms with E-state index in [1.807, 2.05) is 18.2 Å². The Bertz CT molecular complexity index is 2500. The molecule has 0 saturated carbocycles. The Morgan fingerprint density at radius 3 is 1.67 bits per heavy atom. The molecule has 0 saturated heterocycles. The van der Waals surface area contributed by atoms with Crippen LogP contribution in [-0.4, -0.2) is 44.1 Å². The van der Waals surface area contributed by atoms with Crippen LogP contribution in [0.4, 0.5) is 11.6 Å². The van der Waals surface area contributed by atoms with Gasteiger partial charge in [0, 0.05) is 27.3 Å². The maximum Gasteiger partial charge on any atom is 0.273 e. The Kier molecular flexibility index (Phi) is 4.03. The second-order valence-electron chi connectivity index (χ2n) is 10.9. The molecule has 10 rings (SSSR count). The maximum absolute atomic E-state index is 5.29. The molecule has 6 bridgehead atoms. The van der Waals surface area contributed by atoms with Crippen LogP contribution in [0.25, 0.3) is 21.5 Å². The molecule has 4 aliphatic heterocycles. The first kappa shape index (κ1) is 22.0. The Labute approximate surface area is 239 Å². The molecule has 0 spiro atoms. The second kappa shape index (κ2) is 7.70. The Hall–Kier alpha value is -5.76. The highest BCUT2D eigenvalue weighted by Gasteiger charge is 2.34. The molecule has 6 heterocycles. The van der Waals surface area contributed by atoms with Crippen LogP contribution in [0.15, 0.2) is 122 Å². The molecule has 0 fully saturated rings. The van der Waals surface area contributed by atoms with E-state index in [1.54, 1.807) is 0 Å². The van der Waals surface area contributed by atoms with Crippen molar-refractivity contribution in [2.24, 2.45) is 25.0 Å². The third-order valence-electron chi connectivity index (χ3n) is 8.64. The summed E-state index contributed by atoms with van der Waals surface area (Å²) in [5.41, 5.74) is 5.66. The maximum atomic E-state index is 5.29. The van der Waals surface area contributed by atoms with Gasteiger partial charge in [0.15, 0.2) is 18.3 Å². The predicted molar refractivity (Wildman–Crippen MR) is 164 cm³/mol. The first-order chi connectivity index (χ1) is 20.7. The Balaban J connectivity index is 1.49. The zero-order valence-electron chi connectivity index (χ0n) is 22.5. The van der Waals surface area contributed by atoms with E-state index in [1.165, 1.54) is 0 Å². The van der Waals surface area contributed by atoms with Gasteiger partial charge in [-0.2, -0.15) is 9.98 Å². The van der Waals surface area contributed by atoms with Gasteiger partial charge in [0.05, 0.1) is 23.6 Å². The molecule has 0 amide bonds. The van der Waals surface area contributed by atoms with E-state index in [9.17, 15) is 0 Å². The van der Waals surface area contributed by atoms with E-state index in [4.69, 9.17) is 25.0 Å². The van der Waals surface area contributed by atoms with Crippen LogP contribution in [0.3, 0.4) is 0 Å². The molecule has 4 aromatic carbocycles. The SMILES string of the molecule is C[N+]1=C2N=C(N=c3c4ccccc4c4n3Cn3c(c5ccccc5c31)N=C1N=C(N=4)c3ccccc31)c1ccccc12. The summed E-state index contributed by atoms with van der Waals surface area (Å²) in [6.07, 6.45) is 0. The largest absolute Gasteiger partial charge is 0.278 e. The lowest BCUT2D eigenvalue weighted by atomic mass is 10.1. The van der Waals surface area contributed by atoms with Crippen LogP contribution in [0.1, 0.15) is 22.3 Å². The van der Waals surface area contributed by atoms with E-state index in [0.29, 0.717) is 24.2 Å². The summed E-state index contributed by atoms with van der Waals surface area (Å²) < 4.78 is 6.65. The van der Waals surface area contributed by atoms with Crippen molar-refractivity contribution >= 4 is 56.5 Å². The van der Waals surface area contributed by atoms with E-state index < -0.39 is 0 Å². The summed E-state index contributed by atoms with van der Waals surface area (Å²) in [6, 6.07) is 33.4. The zero-order chi connectivity index (χ0) is 27.5. The summed E-state index contributed by atoms with van der Waals surface area (Å²) in [6.45, 7) is 0.466. The number of nitrogens with zero attached hydrogens (tertiary/aromatic N) is 8. The quantitative estimate of drug-likeness (QED) is 0.251. The van der Waals surface area contributed by atoms with Crippen molar-refractivity contribution in [2.75, 3.05) is 7.05 Å². The van der Waals surface area contributed by atoms with Gasteiger partial charge < -0.3 is 0 Å². The van der Waals surface area contributed by atoms with Gasteiger partial charge in [-0.1, -0.05) is 77.8 Å². The molecule has 0 radical (unpaired) electrons. The monoisotopic (exact) mass is 541 g/mol. The van der Waals surface area contributed by atoms with Gasteiger partial charge in [0.1, 0.15) is 11.0 Å². The minimum absolute atomic E-state index is 0.466. The van der Waals surface area contributed by atoms with Crippen LogP contribution in [0.5, 0.6) is 0 Å². The lowest BCUT2D eigenvalue weighted by Gasteiger charge is -2.12. The van der Waals surface area contributed by atoms with Gasteiger partial charge >= 0.3 is 0 Å². The number of amidine groups is 4. The molecule has 6 aromatic rings. The minimum atomic E-state index is 0.466. The molecular formula is C34H21N8+. The fraction of sp³-hybridized carbons (Fsp3) is 0.0588. The topological polar surface area (TPSA) is 74.7 Å². The van der Waals surface area contributed by atoms with Crippen LogP contribution >= 0.6 is 0 Å².